The molecule has 0 aromatic carbocycles. The van der Waals surface area contributed by atoms with Crippen LogP contribution in [0.25, 0.3) is 0 Å². The lowest BCUT2D eigenvalue weighted by molar-refractivity contribution is 0.668. The van der Waals surface area contributed by atoms with Crippen molar-refractivity contribution >= 4 is 15.9 Å². The van der Waals surface area contributed by atoms with E-state index in [1.54, 1.807) is 6.20 Å². The Kier molecular flexibility index (Phi) is 2.83. The van der Waals surface area contributed by atoms with Crippen LogP contribution in [0.15, 0.2) is 22.9 Å². The van der Waals surface area contributed by atoms with Gasteiger partial charge in [0.15, 0.2) is 0 Å². The van der Waals surface area contributed by atoms with Crippen molar-refractivity contribution in [3.8, 4) is 6.07 Å². The minimum atomic E-state index is 0.249. The molecule has 1 aromatic heterocycles. The molecule has 14 heavy (non-hydrogen) atoms. The zero-order valence-electron chi connectivity index (χ0n) is 7.78. The third-order valence-electron chi connectivity index (χ3n) is 2.81. The first-order valence-corrected chi connectivity index (χ1v) is 5.59. The Morgan fingerprint density at radius 2 is 2.29 bits per heavy atom. The molecule has 0 N–H and O–H groups in total. The summed E-state index contributed by atoms with van der Waals surface area (Å²) in [7, 11) is 0. The highest BCUT2D eigenvalue weighted by Crippen LogP contribution is 2.38. The maximum absolute atomic E-state index is 8.81. The molecule has 2 rings (SSSR count). The molecule has 3 heteroatoms. The van der Waals surface area contributed by atoms with Crippen molar-refractivity contribution in [1.29, 1.82) is 5.26 Å². The fraction of sp³-hybridized carbons (Fsp3) is 0.455. The molecular formula is C11H11BrN2. The maximum atomic E-state index is 8.81. The van der Waals surface area contributed by atoms with Crippen molar-refractivity contribution < 1.29 is 0 Å². The van der Waals surface area contributed by atoms with Gasteiger partial charge in [0.05, 0.1) is 6.07 Å². The molecular weight excluding hydrogens is 240 g/mol. The summed E-state index contributed by atoms with van der Waals surface area (Å²) >= 11 is 3.41. The molecule has 0 aliphatic heterocycles. The highest BCUT2D eigenvalue weighted by molar-refractivity contribution is 9.10. The number of rotatable bonds is 1. The Hall–Kier alpha value is -0.880. The Balaban J connectivity index is 2.14. The maximum Gasteiger partial charge on any atom is 0.0656 e. The van der Waals surface area contributed by atoms with Crippen LogP contribution in [0, 0.1) is 17.2 Å². The van der Waals surface area contributed by atoms with E-state index in [4.69, 9.17) is 5.26 Å². The van der Waals surface area contributed by atoms with Gasteiger partial charge in [-0.1, -0.05) is 0 Å². The van der Waals surface area contributed by atoms with Crippen LogP contribution in [-0.4, -0.2) is 4.98 Å². The van der Waals surface area contributed by atoms with Crippen LogP contribution in [0.5, 0.6) is 0 Å². The summed E-state index contributed by atoms with van der Waals surface area (Å²) in [6.07, 6.45) is 6.86. The number of nitriles is 1. The highest BCUT2D eigenvalue weighted by Gasteiger charge is 2.25. The van der Waals surface area contributed by atoms with Crippen LogP contribution in [-0.2, 0) is 0 Å². The number of aromatic nitrogens is 1. The summed E-state index contributed by atoms with van der Waals surface area (Å²) in [5.74, 6) is 0.781. The molecule has 1 fully saturated rings. The molecule has 1 aliphatic rings. The van der Waals surface area contributed by atoms with Crippen LogP contribution in [0.1, 0.15) is 30.7 Å². The average molecular weight is 251 g/mol. The van der Waals surface area contributed by atoms with E-state index in [9.17, 15) is 0 Å². The van der Waals surface area contributed by atoms with Gasteiger partial charge in [0.25, 0.3) is 0 Å². The number of pyridine rings is 1. The summed E-state index contributed by atoms with van der Waals surface area (Å²) in [6, 6.07) is 4.45. The summed E-state index contributed by atoms with van der Waals surface area (Å²) < 4.78 is 1.02. The van der Waals surface area contributed by atoms with Crippen LogP contribution in [0.2, 0.25) is 0 Å². The van der Waals surface area contributed by atoms with Crippen LogP contribution >= 0.6 is 15.9 Å². The number of hydrogen-bond donors (Lipinski definition) is 0. The van der Waals surface area contributed by atoms with E-state index in [-0.39, 0.29) is 5.92 Å². The molecule has 0 bridgehead atoms. The van der Waals surface area contributed by atoms with Crippen LogP contribution < -0.4 is 0 Å². The van der Waals surface area contributed by atoms with Crippen molar-refractivity contribution in [3.63, 3.8) is 0 Å². The predicted molar refractivity (Wildman–Crippen MR) is 57.6 cm³/mol. The number of hydrogen-bond acceptors (Lipinski definition) is 2. The van der Waals surface area contributed by atoms with E-state index >= 15 is 0 Å². The van der Waals surface area contributed by atoms with Crippen molar-refractivity contribution in [2.75, 3.05) is 0 Å². The van der Waals surface area contributed by atoms with Gasteiger partial charge in [0, 0.05) is 22.8 Å². The van der Waals surface area contributed by atoms with Gasteiger partial charge in [-0.25, -0.2) is 0 Å². The van der Waals surface area contributed by atoms with Gasteiger partial charge in [0.2, 0.25) is 0 Å². The lowest BCUT2D eigenvalue weighted by Gasteiger charge is -2.08. The largest absolute Gasteiger partial charge is 0.263 e. The Morgan fingerprint density at radius 1 is 1.43 bits per heavy atom. The normalized spacial score (nSPS) is 26.0. The molecule has 1 heterocycles. The van der Waals surface area contributed by atoms with Gasteiger partial charge < -0.3 is 0 Å². The lowest BCUT2D eigenvalue weighted by atomic mass is 9.98. The number of nitrogens with zero attached hydrogens (tertiary/aromatic N) is 2. The molecule has 2 nitrogen and oxygen atoms in total. The first-order chi connectivity index (χ1) is 6.79. The second kappa shape index (κ2) is 4.10. The van der Waals surface area contributed by atoms with Crippen molar-refractivity contribution in [2.45, 2.75) is 25.2 Å². The minimum absolute atomic E-state index is 0.249. The monoisotopic (exact) mass is 250 g/mol. The van der Waals surface area contributed by atoms with E-state index in [1.165, 1.54) is 5.56 Å². The lowest BCUT2D eigenvalue weighted by Crippen LogP contribution is -1.94. The summed E-state index contributed by atoms with van der Waals surface area (Å²) in [6.45, 7) is 0. The van der Waals surface area contributed by atoms with Crippen LogP contribution in [0.3, 0.4) is 0 Å². The van der Waals surface area contributed by atoms with Gasteiger partial charge >= 0.3 is 0 Å². The zero-order valence-corrected chi connectivity index (χ0v) is 9.37. The third kappa shape index (κ3) is 1.96. The molecule has 0 saturated heterocycles. The molecule has 0 radical (unpaired) electrons. The molecule has 72 valence electrons. The fourth-order valence-electron chi connectivity index (χ4n) is 2.05. The Bertz CT molecular complexity index is 370. The number of halogens is 1. The quantitative estimate of drug-likeness (QED) is 0.768. The van der Waals surface area contributed by atoms with Crippen molar-refractivity contribution in [2.24, 2.45) is 5.92 Å². The van der Waals surface area contributed by atoms with E-state index in [1.807, 2.05) is 6.20 Å². The van der Waals surface area contributed by atoms with E-state index in [0.717, 1.165) is 23.7 Å². The minimum Gasteiger partial charge on any atom is -0.263 e. The highest BCUT2D eigenvalue weighted by atomic mass is 79.9. The second-order valence-electron chi connectivity index (χ2n) is 3.77. The molecule has 0 amide bonds. The van der Waals surface area contributed by atoms with Gasteiger partial charge in [-0.3, -0.25) is 4.98 Å². The summed E-state index contributed by atoms with van der Waals surface area (Å²) in [4.78, 5) is 4.15. The van der Waals surface area contributed by atoms with E-state index in [0.29, 0.717) is 5.92 Å². The molecule has 1 aliphatic carbocycles. The van der Waals surface area contributed by atoms with Gasteiger partial charge in [-0.15, -0.1) is 0 Å². The zero-order chi connectivity index (χ0) is 9.97. The first-order valence-electron chi connectivity index (χ1n) is 4.79. The molecule has 0 spiro atoms. The topological polar surface area (TPSA) is 36.7 Å². The third-order valence-corrected chi connectivity index (χ3v) is 3.25. The summed E-state index contributed by atoms with van der Waals surface area (Å²) in [5.41, 5.74) is 1.26. The standard InChI is InChI=1S/C11H11BrN2/c12-11-4-10(6-14-7-11)9-2-1-8(3-9)5-13/h4,6-9H,1-3H2. The predicted octanol–water partition coefficient (Wildman–Crippen LogP) is 3.25. The Morgan fingerprint density at radius 3 is 2.93 bits per heavy atom. The van der Waals surface area contributed by atoms with Gasteiger partial charge in [-0.05, 0) is 52.7 Å². The SMILES string of the molecule is N#CC1CCC(c2cncc(Br)c2)C1. The van der Waals surface area contributed by atoms with Crippen molar-refractivity contribution in [3.05, 3.63) is 28.5 Å². The average Bonchev–Trinajstić information content (AvgIpc) is 2.66. The van der Waals surface area contributed by atoms with Crippen molar-refractivity contribution in [1.82, 2.24) is 4.98 Å². The Labute approximate surface area is 92.1 Å². The first kappa shape index (κ1) is 9.67. The molecule has 2 atom stereocenters. The van der Waals surface area contributed by atoms with E-state index in [2.05, 4.69) is 33.0 Å². The van der Waals surface area contributed by atoms with Gasteiger partial charge in [0.1, 0.15) is 0 Å². The summed E-state index contributed by atoms with van der Waals surface area (Å²) in [5, 5.41) is 8.81. The van der Waals surface area contributed by atoms with Crippen LogP contribution in [0.4, 0.5) is 0 Å². The molecule has 2 unspecified atom stereocenters. The second-order valence-corrected chi connectivity index (χ2v) is 4.69. The van der Waals surface area contributed by atoms with Gasteiger partial charge in [-0.2, -0.15) is 5.26 Å². The fourth-order valence-corrected chi connectivity index (χ4v) is 2.44. The molecule has 1 aromatic rings. The van der Waals surface area contributed by atoms with E-state index < -0.39 is 0 Å². The molecule has 1 saturated carbocycles. The smallest absolute Gasteiger partial charge is 0.0656 e.